The van der Waals surface area contributed by atoms with E-state index in [4.69, 9.17) is 14.9 Å². The van der Waals surface area contributed by atoms with Crippen LogP contribution in [0.5, 0.6) is 0 Å². The molecule has 6 nitrogen and oxygen atoms in total. The van der Waals surface area contributed by atoms with Crippen molar-refractivity contribution in [2.75, 3.05) is 13.7 Å². The highest BCUT2D eigenvalue weighted by Crippen LogP contribution is 2.02. The number of carboxylic acid groups (broad SMARTS) is 1. The Balaban J connectivity index is 2.60. The number of carbonyl (C=O) groups is 1. The van der Waals surface area contributed by atoms with Crippen molar-refractivity contribution >= 4 is 5.97 Å². The topological polar surface area (TPSA) is 84.6 Å². The molecule has 1 rings (SSSR count). The molecule has 2 N–H and O–H groups in total. The minimum atomic E-state index is -1.41. The van der Waals surface area contributed by atoms with Crippen molar-refractivity contribution in [2.24, 2.45) is 0 Å². The van der Waals surface area contributed by atoms with Gasteiger partial charge in [0.1, 0.15) is 5.82 Å². The third kappa shape index (κ3) is 3.34. The van der Waals surface area contributed by atoms with Crippen molar-refractivity contribution < 1.29 is 19.7 Å². The lowest BCUT2D eigenvalue weighted by molar-refractivity contribution is -0.146. The van der Waals surface area contributed by atoms with E-state index >= 15 is 0 Å². The number of aliphatic hydroxyl groups is 1. The molecule has 1 atom stereocenters. The molecule has 84 valence electrons. The van der Waals surface area contributed by atoms with Gasteiger partial charge in [0.05, 0.1) is 6.61 Å². The molecule has 1 aromatic rings. The Morgan fingerprint density at radius 3 is 3.07 bits per heavy atom. The highest BCUT2D eigenvalue weighted by molar-refractivity contribution is 5.72. The molecule has 0 spiro atoms. The quantitative estimate of drug-likeness (QED) is 0.668. The molecule has 0 aliphatic heterocycles. The highest BCUT2D eigenvalue weighted by Gasteiger charge is 2.16. The van der Waals surface area contributed by atoms with E-state index in [0.29, 0.717) is 19.0 Å². The zero-order valence-corrected chi connectivity index (χ0v) is 8.46. The first kappa shape index (κ1) is 11.7. The number of ether oxygens (including phenoxy) is 1. The van der Waals surface area contributed by atoms with Crippen molar-refractivity contribution in [3.8, 4) is 0 Å². The fourth-order valence-electron chi connectivity index (χ4n) is 1.18. The maximum absolute atomic E-state index is 10.4. The summed E-state index contributed by atoms with van der Waals surface area (Å²) >= 11 is 0. The number of methoxy groups -OCH3 is 1. The predicted molar refractivity (Wildman–Crippen MR) is 51.4 cm³/mol. The van der Waals surface area contributed by atoms with Crippen LogP contribution >= 0.6 is 0 Å². The molecular weight excluding hydrogens is 200 g/mol. The monoisotopic (exact) mass is 214 g/mol. The van der Waals surface area contributed by atoms with Crippen LogP contribution in [0.15, 0.2) is 12.4 Å². The van der Waals surface area contributed by atoms with Crippen LogP contribution in [-0.2, 0) is 22.5 Å². The van der Waals surface area contributed by atoms with Gasteiger partial charge in [-0.05, 0) is 0 Å². The summed E-state index contributed by atoms with van der Waals surface area (Å²) in [7, 11) is 1.59. The summed E-state index contributed by atoms with van der Waals surface area (Å²) in [6.07, 6.45) is 1.89. The Morgan fingerprint density at radius 2 is 2.47 bits per heavy atom. The summed E-state index contributed by atoms with van der Waals surface area (Å²) in [4.78, 5) is 14.4. The van der Waals surface area contributed by atoms with E-state index in [1.165, 1.54) is 0 Å². The van der Waals surface area contributed by atoms with Crippen LogP contribution < -0.4 is 0 Å². The van der Waals surface area contributed by atoms with Gasteiger partial charge >= 0.3 is 5.97 Å². The summed E-state index contributed by atoms with van der Waals surface area (Å²) in [5.74, 6) is -0.696. The number of aromatic nitrogens is 2. The average Bonchev–Trinajstić information content (AvgIpc) is 2.62. The summed E-state index contributed by atoms with van der Waals surface area (Å²) in [5, 5.41) is 17.7. The molecule has 0 saturated carbocycles. The van der Waals surface area contributed by atoms with Crippen molar-refractivity contribution in [1.82, 2.24) is 9.55 Å². The number of nitrogens with zero attached hydrogens (tertiary/aromatic N) is 2. The number of aliphatic carboxylic acids is 1. The fraction of sp³-hybridized carbons (Fsp3) is 0.556. The molecule has 0 amide bonds. The van der Waals surface area contributed by atoms with E-state index in [1.54, 1.807) is 24.1 Å². The van der Waals surface area contributed by atoms with Gasteiger partial charge in [0.2, 0.25) is 0 Å². The lowest BCUT2D eigenvalue weighted by atomic mass is 10.2. The first-order valence-corrected chi connectivity index (χ1v) is 4.55. The number of hydrogen-bond donors (Lipinski definition) is 2. The summed E-state index contributed by atoms with van der Waals surface area (Å²) in [6.45, 7) is 1.12. The number of imidazole rings is 1. The maximum Gasteiger partial charge on any atom is 0.332 e. The third-order valence-electron chi connectivity index (χ3n) is 2.00. The van der Waals surface area contributed by atoms with E-state index in [1.807, 2.05) is 0 Å². The van der Waals surface area contributed by atoms with Crippen LogP contribution in [0.25, 0.3) is 0 Å². The first-order chi connectivity index (χ1) is 7.15. The smallest absolute Gasteiger partial charge is 0.332 e. The van der Waals surface area contributed by atoms with Crippen LogP contribution in [0.4, 0.5) is 0 Å². The van der Waals surface area contributed by atoms with Crippen LogP contribution in [0.1, 0.15) is 5.82 Å². The Morgan fingerprint density at radius 1 is 1.73 bits per heavy atom. The molecule has 1 aromatic heterocycles. The first-order valence-electron chi connectivity index (χ1n) is 4.55. The fourth-order valence-corrected chi connectivity index (χ4v) is 1.18. The molecule has 15 heavy (non-hydrogen) atoms. The summed E-state index contributed by atoms with van der Waals surface area (Å²) in [6, 6.07) is 0. The molecule has 0 aliphatic rings. The standard InChI is InChI=1S/C9H14N2O4/c1-15-5-4-11-3-2-10-8(11)6-7(12)9(13)14/h2-3,7,12H,4-6H2,1H3,(H,13,14). The summed E-state index contributed by atoms with van der Waals surface area (Å²) < 4.78 is 6.65. The summed E-state index contributed by atoms with van der Waals surface area (Å²) in [5.41, 5.74) is 0. The number of hydrogen-bond acceptors (Lipinski definition) is 4. The molecule has 1 heterocycles. The molecule has 1 unspecified atom stereocenters. The second-order valence-corrected chi connectivity index (χ2v) is 3.09. The van der Waals surface area contributed by atoms with Crippen molar-refractivity contribution in [2.45, 2.75) is 19.1 Å². The van der Waals surface area contributed by atoms with Gasteiger partial charge < -0.3 is 19.5 Å². The Hall–Kier alpha value is -1.40. The van der Waals surface area contributed by atoms with Gasteiger partial charge in [0, 0.05) is 32.5 Å². The Labute approximate surface area is 87.1 Å². The second-order valence-electron chi connectivity index (χ2n) is 3.09. The Kier molecular flexibility index (Phi) is 4.26. The molecule has 0 saturated heterocycles. The van der Waals surface area contributed by atoms with E-state index in [9.17, 15) is 4.79 Å². The van der Waals surface area contributed by atoms with E-state index in [-0.39, 0.29) is 6.42 Å². The maximum atomic E-state index is 10.4. The zero-order chi connectivity index (χ0) is 11.3. The van der Waals surface area contributed by atoms with Crippen molar-refractivity contribution in [3.05, 3.63) is 18.2 Å². The number of aliphatic hydroxyl groups excluding tert-OH is 1. The molecule has 0 fully saturated rings. The third-order valence-corrected chi connectivity index (χ3v) is 2.00. The zero-order valence-electron chi connectivity index (χ0n) is 8.46. The molecule has 6 heteroatoms. The highest BCUT2D eigenvalue weighted by atomic mass is 16.5. The van der Waals surface area contributed by atoms with Gasteiger partial charge in [-0.25, -0.2) is 9.78 Å². The van der Waals surface area contributed by atoms with Crippen LogP contribution in [-0.4, -0.2) is 45.6 Å². The minimum absolute atomic E-state index is 0.00600. The van der Waals surface area contributed by atoms with Crippen molar-refractivity contribution in [3.63, 3.8) is 0 Å². The van der Waals surface area contributed by atoms with Gasteiger partial charge in [-0.3, -0.25) is 0 Å². The van der Waals surface area contributed by atoms with Gasteiger partial charge in [-0.15, -0.1) is 0 Å². The van der Waals surface area contributed by atoms with Gasteiger partial charge in [-0.2, -0.15) is 0 Å². The Bertz CT molecular complexity index is 324. The average molecular weight is 214 g/mol. The van der Waals surface area contributed by atoms with Crippen molar-refractivity contribution in [1.29, 1.82) is 0 Å². The van der Waals surface area contributed by atoms with Crippen LogP contribution in [0, 0.1) is 0 Å². The molecular formula is C9H14N2O4. The van der Waals surface area contributed by atoms with E-state index in [2.05, 4.69) is 4.98 Å². The minimum Gasteiger partial charge on any atom is -0.479 e. The molecule has 0 aliphatic carbocycles. The van der Waals surface area contributed by atoms with Gasteiger partial charge in [0.25, 0.3) is 0 Å². The largest absolute Gasteiger partial charge is 0.479 e. The van der Waals surface area contributed by atoms with Crippen LogP contribution in [0.3, 0.4) is 0 Å². The normalized spacial score (nSPS) is 12.7. The van der Waals surface area contributed by atoms with E-state index in [0.717, 1.165) is 0 Å². The number of rotatable bonds is 6. The molecule has 0 aromatic carbocycles. The lowest BCUT2D eigenvalue weighted by Gasteiger charge is -2.08. The van der Waals surface area contributed by atoms with Crippen LogP contribution in [0.2, 0.25) is 0 Å². The second kappa shape index (κ2) is 5.47. The van der Waals surface area contributed by atoms with E-state index < -0.39 is 12.1 Å². The van der Waals surface area contributed by atoms with Gasteiger partial charge in [0.15, 0.2) is 6.10 Å². The lowest BCUT2D eigenvalue weighted by Crippen LogP contribution is -2.24. The van der Waals surface area contributed by atoms with Gasteiger partial charge in [-0.1, -0.05) is 0 Å². The molecule has 0 radical (unpaired) electrons. The number of carboxylic acids is 1. The molecule has 0 bridgehead atoms. The predicted octanol–water partition coefficient (Wildman–Crippen LogP) is -0.483. The SMILES string of the molecule is COCCn1ccnc1CC(O)C(=O)O.